The van der Waals surface area contributed by atoms with Gasteiger partial charge in [-0.15, -0.1) is 0 Å². The number of fused-ring (bicyclic) bond motifs is 2. The summed E-state index contributed by atoms with van der Waals surface area (Å²) in [5.74, 6) is 0.458. The highest BCUT2D eigenvalue weighted by Gasteiger charge is 2.10. The zero-order valence-electron chi connectivity index (χ0n) is 15.7. The molecule has 1 amide bonds. The Morgan fingerprint density at radius 1 is 1.04 bits per heavy atom. The van der Waals surface area contributed by atoms with Crippen LogP contribution >= 0.6 is 0 Å². The first-order valence-corrected chi connectivity index (χ1v) is 9.40. The molecule has 28 heavy (non-hydrogen) atoms. The monoisotopic (exact) mass is 378 g/mol. The van der Waals surface area contributed by atoms with Crippen LogP contribution < -0.4 is 11.1 Å². The van der Waals surface area contributed by atoms with Gasteiger partial charge in [-0.3, -0.25) is 9.36 Å². The van der Waals surface area contributed by atoms with Crippen LogP contribution in [0.3, 0.4) is 0 Å². The van der Waals surface area contributed by atoms with Gasteiger partial charge < -0.3 is 14.3 Å². The number of para-hydroxylation sites is 4. The maximum absolute atomic E-state index is 12.2. The van der Waals surface area contributed by atoms with Gasteiger partial charge in [0.1, 0.15) is 5.82 Å². The highest BCUT2D eigenvalue weighted by Crippen LogP contribution is 2.15. The number of benzene rings is 2. The van der Waals surface area contributed by atoms with E-state index in [1.165, 1.54) is 4.57 Å². The van der Waals surface area contributed by atoms with Crippen molar-refractivity contribution in [2.24, 2.45) is 0 Å². The summed E-state index contributed by atoms with van der Waals surface area (Å²) in [5, 5.41) is 2.92. The van der Waals surface area contributed by atoms with E-state index >= 15 is 0 Å². The Morgan fingerprint density at radius 2 is 1.79 bits per heavy atom. The second-order valence-electron chi connectivity index (χ2n) is 6.74. The second kappa shape index (κ2) is 7.72. The third-order valence-electron chi connectivity index (χ3n) is 4.86. The highest BCUT2D eigenvalue weighted by molar-refractivity contribution is 5.77. The summed E-state index contributed by atoms with van der Waals surface area (Å²) in [4.78, 5) is 28.6. The molecule has 7 nitrogen and oxygen atoms in total. The highest BCUT2D eigenvalue weighted by atomic mass is 16.4. The molecule has 0 aliphatic heterocycles. The summed E-state index contributed by atoms with van der Waals surface area (Å²) in [7, 11) is 0. The summed E-state index contributed by atoms with van der Waals surface area (Å²) in [5.41, 5.74) is 3.35. The number of hydrogen-bond donors (Lipinski definition) is 1. The number of nitrogens with zero attached hydrogens (tertiary/aromatic N) is 3. The third-order valence-corrected chi connectivity index (χ3v) is 4.86. The summed E-state index contributed by atoms with van der Waals surface area (Å²) in [6, 6.07) is 15.3. The maximum atomic E-state index is 12.2. The fraction of sp³-hybridized carbons (Fsp3) is 0.286. The number of aryl methyl sites for hydroxylation is 3. The van der Waals surface area contributed by atoms with Crippen LogP contribution in [-0.4, -0.2) is 26.6 Å². The van der Waals surface area contributed by atoms with Crippen LogP contribution in [0.4, 0.5) is 0 Å². The molecular formula is C21H22N4O3. The molecule has 144 valence electrons. The Balaban J connectivity index is 1.28. The van der Waals surface area contributed by atoms with Crippen molar-refractivity contribution in [3.8, 4) is 0 Å². The first-order valence-electron chi connectivity index (χ1n) is 9.40. The summed E-state index contributed by atoms with van der Waals surface area (Å²) < 4.78 is 8.85. The largest absolute Gasteiger partial charge is 0.419 e. The summed E-state index contributed by atoms with van der Waals surface area (Å²) in [6.45, 7) is 3.66. The predicted octanol–water partition coefficient (Wildman–Crippen LogP) is 2.85. The number of rotatable bonds is 7. The molecule has 0 atom stereocenters. The molecule has 0 fully saturated rings. The molecule has 1 N–H and O–H groups in total. The third kappa shape index (κ3) is 3.55. The maximum Gasteiger partial charge on any atom is 0.419 e. The predicted molar refractivity (Wildman–Crippen MR) is 107 cm³/mol. The number of carbonyl (C=O) groups is 1. The lowest BCUT2D eigenvalue weighted by molar-refractivity contribution is -0.121. The van der Waals surface area contributed by atoms with E-state index in [4.69, 9.17) is 4.42 Å². The Bertz CT molecular complexity index is 1190. The number of carbonyl (C=O) groups excluding carboxylic acids is 1. The average Bonchev–Trinajstić information content (AvgIpc) is 3.19. The minimum absolute atomic E-state index is 0.0793. The van der Waals surface area contributed by atoms with Crippen LogP contribution in [-0.2, 0) is 17.9 Å². The second-order valence-corrected chi connectivity index (χ2v) is 6.74. The number of imidazole rings is 1. The van der Waals surface area contributed by atoms with Gasteiger partial charge in [0.05, 0.1) is 16.6 Å². The van der Waals surface area contributed by atoms with Gasteiger partial charge in [0.2, 0.25) is 5.91 Å². The molecule has 4 aromatic rings. The lowest BCUT2D eigenvalue weighted by Crippen LogP contribution is -2.27. The van der Waals surface area contributed by atoms with E-state index < -0.39 is 5.76 Å². The molecular weight excluding hydrogens is 356 g/mol. The van der Waals surface area contributed by atoms with Gasteiger partial charge in [0, 0.05) is 26.1 Å². The van der Waals surface area contributed by atoms with Crippen molar-refractivity contribution in [2.45, 2.75) is 32.9 Å². The van der Waals surface area contributed by atoms with Gasteiger partial charge in [0.15, 0.2) is 5.58 Å². The number of aromatic nitrogens is 3. The van der Waals surface area contributed by atoms with Gasteiger partial charge in [-0.05, 0) is 37.6 Å². The van der Waals surface area contributed by atoms with Crippen LogP contribution in [0.25, 0.3) is 22.1 Å². The minimum Gasteiger partial charge on any atom is -0.408 e. The molecule has 2 aromatic heterocycles. The van der Waals surface area contributed by atoms with Crippen LogP contribution in [0, 0.1) is 6.92 Å². The average molecular weight is 378 g/mol. The van der Waals surface area contributed by atoms with E-state index in [1.807, 2.05) is 43.3 Å². The Kier molecular flexibility index (Phi) is 4.97. The van der Waals surface area contributed by atoms with Crippen LogP contribution in [0.1, 0.15) is 18.7 Å². The topological polar surface area (TPSA) is 82.1 Å². The Morgan fingerprint density at radius 3 is 2.64 bits per heavy atom. The SMILES string of the molecule is Cc1nc2ccccc2n1CCCNC(=O)CCn1c(=O)oc2ccccc21. The molecule has 0 aliphatic rings. The summed E-state index contributed by atoms with van der Waals surface area (Å²) >= 11 is 0. The van der Waals surface area contributed by atoms with E-state index in [0.717, 1.165) is 29.8 Å². The molecule has 2 heterocycles. The fourth-order valence-electron chi connectivity index (χ4n) is 3.47. The van der Waals surface area contributed by atoms with E-state index in [2.05, 4.69) is 20.9 Å². The zero-order valence-corrected chi connectivity index (χ0v) is 15.7. The van der Waals surface area contributed by atoms with Crippen LogP contribution in [0.5, 0.6) is 0 Å². The number of amides is 1. The van der Waals surface area contributed by atoms with Crippen molar-refractivity contribution in [3.63, 3.8) is 0 Å². The van der Waals surface area contributed by atoms with E-state index in [0.29, 0.717) is 24.2 Å². The van der Waals surface area contributed by atoms with E-state index in [1.54, 1.807) is 6.07 Å². The standard InChI is InChI=1S/C21H22N4O3/c1-15-23-16-7-2-3-8-17(16)24(15)13-6-12-22-20(26)11-14-25-18-9-4-5-10-19(18)28-21(25)27/h2-5,7-10H,6,11-14H2,1H3,(H,22,26). The summed E-state index contributed by atoms with van der Waals surface area (Å²) in [6.07, 6.45) is 1.04. The van der Waals surface area contributed by atoms with Crippen molar-refractivity contribution in [3.05, 3.63) is 64.9 Å². The molecule has 2 aromatic carbocycles. The molecule has 0 radical (unpaired) electrons. The van der Waals surface area contributed by atoms with Gasteiger partial charge >= 0.3 is 5.76 Å². The van der Waals surface area contributed by atoms with Crippen molar-refractivity contribution in [2.75, 3.05) is 6.54 Å². The minimum atomic E-state index is -0.434. The van der Waals surface area contributed by atoms with Crippen LogP contribution in [0.2, 0.25) is 0 Å². The fourth-order valence-corrected chi connectivity index (χ4v) is 3.47. The quantitative estimate of drug-likeness (QED) is 0.501. The van der Waals surface area contributed by atoms with Gasteiger partial charge in [-0.25, -0.2) is 9.78 Å². The molecule has 0 spiro atoms. The first-order chi connectivity index (χ1) is 13.6. The van der Waals surface area contributed by atoms with Gasteiger partial charge in [0.25, 0.3) is 0 Å². The lowest BCUT2D eigenvalue weighted by atomic mass is 10.3. The van der Waals surface area contributed by atoms with E-state index in [9.17, 15) is 9.59 Å². The zero-order chi connectivity index (χ0) is 19.5. The Hall–Kier alpha value is -3.35. The van der Waals surface area contributed by atoms with Crippen molar-refractivity contribution in [1.29, 1.82) is 0 Å². The normalized spacial score (nSPS) is 11.3. The van der Waals surface area contributed by atoms with Crippen molar-refractivity contribution < 1.29 is 9.21 Å². The molecule has 0 saturated heterocycles. The number of nitrogens with one attached hydrogen (secondary N) is 1. The van der Waals surface area contributed by atoms with Gasteiger partial charge in [-0.2, -0.15) is 0 Å². The Labute approximate surface area is 161 Å². The molecule has 4 rings (SSSR count). The van der Waals surface area contributed by atoms with E-state index in [-0.39, 0.29) is 12.3 Å². The number of oxazole rings is 1. The lowest BCUT2D eigenvalue weighted by Gasteiger charge is -2.08. The molecule has 0 aliphatic carbocycles. The first kappa shape index (κ1) is 18.0. The van der Waals surface area contributed by atoms with Gasteiger partial charge in [-0.1, -0.05) is 24.3 Å². The van der Waals surface area contributed by atoms with Crippen molar-refractivity contribution >= 4 is 28.0 Å². The molecule has 7 heteroatoms. The van der Waals surface area contributed by atoms with Crippen LogP contribution in [0.15, 0.2) is 57.7 Å². The molecule has 0 unspecified atom stereocenters. The molecule has 0 bridgehead atoms. The molecule has 0 saturated carbocycles. The van der Waals surface area contributed by atoms with Crippen molar-refractivity contribution in [1.82, 2.24) is 19.4 Å². The number of hydrogen-bond acceptors (Lipinski definition) is 4. The smallest absolute Gasteiger partial charge is 0.408 e.